The van der Waals surface area contributed by atoms with Crippen LogP contribution >= 0.6 is 11.6 Å². The van der Waals surface area contributed by atoms with E-state index < -0.39 is 0 Å². The minimum Gasteiger partial charge on any atom is -0.328 e. The zero-order chi connectivity index (χ0) is 13.9. The van der Waals surface area contributed by atoms with Gasteiger partial charge in [-0.3, -0.25) is 0 Å². The maximum atomic E-state index is 6.05. The number of hydrogen-bond donors (Lipinski definition) is 1. The summed E-state index contributed by atoms with van der Waals surface area (Å²) < 4.78 is 2.25. The Morgan fingerprint density at radius 2 is 1.95 bits per heavy atom. The molecule has 1 aromatic heterocycles. The first-order valence-corrected chi connectivity index (χ1v) is 7.65. The van der Waals surface area contributed by atoms with Crippen molar-refractivity contribution in [2.45, 2.75) is 31.7 Å². The summed E-state index contributed by atoms with van der Waals surface area (Å²) in [6.45, 7) is 0.668. The van der Waals surface area contributed by atoms with Crippen LogP contribution in [0.5, 0.6) is 0 Å². The fourth-order valence-electron chi connectivity index (χ4n) is 3.29. The van der Waals surface area contributed by atoms with Gasteiger partial charge in [0.05, 0.1) is 24.3 Å². The van der Waals surface area contributed by atoms with Gasteiger partial charge in [-0.05, 0) is 36.5 Å². The van der Waals surface area contributed by atoms with Crippen molar-refractivity contribution in [3.05, 3.63) is 41.8 Å². The van der Waals surface area contributed by atoms with Crippen LogP contribution in [0.4, 0.5) is 0 Å². The van der Waals surface area contributed by atoms with Crippen LogP contribution in [-0.4, -0.2) is 16.1 Å². The number of imidazole rings is 1. The monoisotopic (exact) mass is 289 g/mol. The molecule has 3 rings (SSSR count). The highest BCUT2D eigenvalue weighted by atomic mass is 35.5. The lowest BCUT2D eigenvalue weighted by atomic mass is 9.97. The van der Waals surface area contributed by atoms with E-state index in [1.54, 1.807) is 0 Å². The molecule has 1 atom stereocenters. The van der Waals surface area contributed by atoms with Crippen molar-refractivity contribution in [2.75, 3.05) is 6.54 Å². The molecule has 1 aromatic carbocycles. The molecular formula is C16H20ClN3. The van der Waals surface area contributed by atoms with Gasteiger partial charge in [0, 0.05) is 11.6 Å². The Balaban J connectivity index is 1.94. The third-order valence-electron chi connectivity index (χ3n) is 4.35. The van der Waals surface area contributed by atoms with Crippen LogP contribution in [0.1, 0.15) is 31.7 Å². The maximum absolute atomic E-state index is 6.05. The van der Waals surface area contributed by atoms with E-state index in [-0.39, 0.29) is 0 Å². The quantitative estimate of drug-likeness (QED) is 0.928. The van der Waals surface area contributed by atoms with Gasteiger partial charge in [-0.25, -0.2) is 4.98 Å². The number of rotatable bonds is 4. The third kappa shape index (κ3) is 2.60. The topological polar surface area (TPSA) is 43.8 Å². The first-order chi connectivity index (χ1) is 9.79. The average Bonchev–Trinajstić information content (AvgIpc) is 3.13. The molecule has 2 N–H and O–H groups in total. The SMILES string of the molecule is NCC(C1CCCC1)n1cncc1-c1ccc(Cl)cc1. The lowest BCUT2D eigenvalue weighted by Crippen LogP contribution is -2.25. The largest absolute Gasteiger partial charge is 0.328 e. The van der Waals surface area contributed by atoms with Gasteiger partial charge in [-0.2, -0.15) is 0 Å². The smallest absolute Gasteiger partial charge is 0.0954 e. The summed E-state index contributed by atoms with van der Waals surface area (Å²) in [6.07, 6.45) is 9.04. The van der Waals surface area contributed by atoms with E-state index in [1.807, 2.05) is 36.8 Å². The molecule has 1 unspecified atom stereocenters. The molecular weight excluding hydrogens is 270 g/mol. The van der Waals surface area contributed by atoms with Gasteiger partial charge in [-0.15, -0.1) is 0 Å². The summed E-state index contributed by atoms with van der Waals surface area (Å²) in [5, 5.41) is 0.756. The molecule has 0 bridgehead atoms. The number of aromatic nitrogens is 2. The molecule has 0 radical (unpaired) electrons. The predicted molar refractivity (Wildman–Crippen MR) is 82.7 cm³/mol. The van der Waals surface area contributed by atoms with Crippen LogP contribution in [-0.2, 0) is 0 Å². The third-order valence-corrected chi connectivity index (χ3v) is 4.60. The Morgan fingerprint density at radius 1 is 1.25 bits per heavy atom. The van der Waals surface area contributed by atoms with E-state index in [0.29, 0.717) is 18.5 Å². The van der Waals surface area contributed by atoms with Gasteiger partial charge in [0.15, 0.2) is 0 Å². The zero-order valence-corrected chi connectivity index (χ0v) is 12.3. The van der Waals surface area contributed by atoms with Crippen molar-refractivity contribution < 1.29 is 0 Å². The second-order valence-electron chi connectivity index (χ2n) is 5.54. The normalized spacial score (nSPS) is 17.5. The van der Waals surface area contributed by atoms with Crippen LogP contribution in [0.25, 0.3) is 11.3 Å². The summed E-state index contributed by atoms with van der Waals surface area (Å²) in [6, 6.07) is 8.27. The number of nitrogens with zero attached hydrogens (tertiary/aromatic N) is 2. The van der Waals surface area contributed by atoms with Crippen LogP contribution < -0.4 is 5.73 Å². The second-order valence-corrected chi connectivity index (χ2v) is 5.98. The summed E-state index contributed by atoms with van der Waals surface area (Å²) in [5.74, 6) is 0.681. The minimum absolute atomic E-state index is 0.352. The highest BCUT2D eigenvalue weighted by Gasteiger charge is 2.26. The molecule has 1 heterocycles. The van der Waals surface area contributed by atoms with E-state index in [4.69, 9.17) is 17.3 Å². The highest BCUT2D eigenvalue weighted by Crippen LogP contribution is 2.36. The van der Waals surface area contributed by atoms with Crippen LogP contribution in [0.15, 0.2) is 36.8 Å². The summed E-state index contributed by atoms with van der Waals surface area (Å²) in [5.41, 5.74) is 8.32. The van der Waals surface area contributed by atoms with Crippen molar-refractivity contribution in [2.24, 2.45) is 11.7 Å². The molecule has 1 fully saturated rings. The van der Waals surface area contributed by atoms with Gasteiger partial charge in [-0.1, -0.05) is 36.6 Å². The van der Waals surface area contributed by atoms with Gasteiger partial charge >= 0.3 is 0 Å². The van der Waals surface area contributed by atoms with Crippen molar-refractivity contribution >= 4 is 11.6 Å². The van der Waals surface area contributed by atoms with Crippen molar-refractivity contribution in [1.29, 1.82) is 0 Å². The average molecular weight is 290 g/mol. The van der Waals surface area contributed by atoms with Gasteiger partial charge in [0.25, 0.3) is 0 Å². The van der Waals surface area contributed by atoms with Crippen molar-refractivity contribution in [3.63, 3.8) is 0 Å². The Morgan fingerprint density at radius 3 is 2.60 bits per heavy atom. The van der Waals surface area contributed by atoms with Crippen LogP contribution in [0, 0.1) is 5.92 Å². The standard InChI is InChI=1S/C16H20ClN3/c17-14-7-5-13(6-8-14)16-10-19-11-20(16)15(9-18)12-3-1-2-4-12/h5-8,10-12,15H,1-4,9,18H2. The van der Waals surface area contributed by atoms with E-state index in [1.165, 1.54) is 25.7 Å². The van der Waals surface area contributed by atoms with E-state index >= 15 is 0 Å². The molecule has 0 saturated heterocycles. The highest BCUT2D eigenvalue weighted by molar-refractivity contribution is 6.30. The number of benzene rings is 1. The second kappa shape index (κ2) is 5.98. The van der Waals surface area contributed by atoms with Gasteiger partial charge in [0.1, 0.15) is 0 Å². The Kier molecular flexibility index (Phi) is 4.08. The lowest BCUT2D eigenvalue weighted by Gasteiger charge is -2.25. The molecule has 0 aliphatic heterocycles. The molecule has 1 saturated carbocycles. The molecule has 0 spiro atoms. The minimum atomic E-state index is 0.352. The molecule has 2 aromatic rings. The Labute approximate surface area is 124 Å². The van der Waals surface area contributed by atoms with Crippen molar-refractivity contribution in [1.82, 2.24) is 9.55 Å². The number of nitrogens with two attached hydrogens (primary N) is 1. The zero-order valence-electron chi connectivity index (χ0n) is 11.5. The van der Waals surface area contributed by atoms with E-state index in [9.17, 15) is 0 Å². The molecule has 1 aliphatic rings. The molecule has 20 heavy (non-hydrogen) atoms. The Bertz CT molecular complexity index is 555. The molecule has 4 heteroatoms. The molecule has 0 amide bonds. The Hall–Kier alpha value is -1.32. The fourth-order valence-corrected chi connectivity index (χ4v) is 3.41. The van der Waals surface area contributed by atoms with Crippen LogP contribution in [0.3, 0.4) is 0 Å². The van der Waals surface area contributed by atoms with E-state index in [2.05, 4.69) is 9.55 Å². The number of hydrogen-bond acceptors (Lipinski definition) is 2. The summed E-state index contributed by atoms with van der Waals surface area (Å²) in [7, 11) is 0. The first-order valence-electron chi connectivity index (χ1n) is 7.27. The molecule has 106 valence electrons. The summed E-state index contributed by atoms with van der Waals surface area (Å²) in [4.78, 5) is 4.34. The van der Waals surface area contributed by atoms with Gasteiger partial charge < -0.3 is 10.3 Å². The maximum Gasteiger partial charge on any atom is 0.0954 e. The summed E-state index contributed by atoms with van der Waals surface area (Å²) >= 11 is 5.96. The molecule has 1 aliphatic carbocycles. The lowest BCUT2D eigenvalue weighted by molar-refractivity contribution is 0.344. The van der Waals surface area contributed by atoms with Crippen molar-refractivity contribution in [3.8, 4) is 11.3 Å². The molecule has 3 nitrogen and oxygen atoms in total. The van der Waals surface area contributed by atoms with E-state index in [0.717, 1.165) is 16.3 Å². The van der Waals surface area contributed by atoms with Gasteiger partial charge in [0.2, 0.25) is 0 Å². The predicted octanol–water partition coefficient (Wildman–Crippen LogP) is 3.89. The first kappa shape index (κ1) is 13.7. The fraction of sp³-hybridized carbons (Fsp3) is 0.438. The van der Waals surface area contributed by atoms with Crippen LogP contribution in [0.2, 0.25) is 5.02 Å². The number of halogens is 1.